The Bertz CT molecular complexity index is 316. The molecule has 88 valence electrons. The monoisotopic (exact) mass is 278 g/mol. The van der Waals surface area contributed by atoms with E-state index in [0.717, 1.165) is 0 Å². The molecule has 2 nitrogen and oxygen atoms in total. The molecule has 0 aliphatic heterocycles. The van der Waals surface area contributed by atoms with Crippen LogP contribution in [0.1, 0.15) is 0 Å². The summed E-state index contributed by atoms with van der Waals surface area (Å²) in [6.07, 6.45) is 0. The molecule has 0 saturated heterocycles. The first-order valence-corrected chi connectivity index (χ1v) is 4.23. The molecule has 0 spiro atoms. The second kappa shape index (κ2) is 10.5. The molecule has 0 aromatic heterocycles. The van der Waals surface area contributed by atoms with Gasteiger partial charge in [0.2, 0.25) is 0 Å². The topological polar surface area (TPSA) is 46.1 Å². The second-order valence-corrected chi connectivity index (χ2v) is 2.63. The van der Waals surface area contributed by atoms with E-state index in [0.29, 0.717) is 0 Å². The zero-order chi connectivity index (χ0) is 10.2. The first kappa shape index (κ1) is 17.4. The van der Waals surface area contributed by atoms with Crippen LogP contribution in [-0.4, -0.2) is 0 Å². The van der Waals surface area contributed by atoms with Crippen molar-refractivity contribution in [3.05, 3.63) is 60.7 Å². The molecule has 0 heterocycles. The third-order valence-electron chi connectivity index (χ3n) is 1.49. The fraction of sp³-hybridized carbons (Fsp3) is 0. The summed E-state index contributed by atoms with van der Waals surface area (Å²) in [4.78, 5) is 0. The SMILES string of the molecule is P.[Ni+2].[O-]c1ccccc1.[O-]c1ccccc1. The first-order chi connectivity index (χ1) is 6.79. The van der Waals surface area contributed by atoms with Crippen molar-refractivity contribution >= 4 is 9.90 Å². The van der Waals surface area contributed by atoms with Crippen LogP contribution in [-0.2, 0) is 16.5 Å². The van der Waals surface area contributed by atoms with Crippen LogP contribution in [0.15, 0.2) is 60.7 Å². The normalized spacial score (nSPS) is 7.50. The smallest absolute Gasteiger partial charge is 0.872 e. The van der Waals surface area contributed by atoms with Gasteiger partial charge in [-0.25, -0.2) is 0 Å². The van der Waals surface area contributed by atoms with Gasteiger partial charge in [-0.1, -0.05) is 60.7 Å². The van der Waals surface area contributed by atoms with Gasteiger partial charge in [0.05, 0.1) is 0 Å². The van der Waals surface area contributed by atoms with Crippen molar-refractivity contribution < 1.29 is 26.7 Å². The molecule has 2 rings (SSSR count). The predicted molar refractivity (Wildman–Crippen MR) is 62.9 cm³/mol. The van der Waals surface area contributed by atoms with Crippen molar-refractivity contribution in [2.75, 3.05) is 0 Å². The summed E-state index contributed by atoms with van der Waals surface area (Å²) in [5.41, 5.74) is 0. The van der Waals surface area contributed by atoms with Gasteiger partial charge in [0, 0.05) is 0 Å². The summed E-state index contributed by atoms with van der Waals surface area (Å²) >= 11 is 0. The van der Waals surface area contributed by atoms with Gasteiger partial charge in [0.1, 0.15) is 0 Å². The van der Waals surface area contributed by atoms with Gasteiger partial charge in [-0.3, -0.25) is 0 Å². The fourth-order valence-corrected chi connectivity index (χ4v) is 0.841. The van der Waals surface area contributed by atoms with Crippen molar-refractivity contribution in [2.24, 2.45) is 0 Å². The van der Waals surface area contributed by atoms with Gasteiger partial charge in [-0.2, -0.15) is 9.90 Å². The van der Waals surface area contributed by atoms with Crippen LogP contribution in [0, 0.1) is 0 Å². The summed E-state index contributed by atoms with van der Waals surface area (Å²) in [5.74, 6) is 0.144. The van der Waals surface area contributed by atoms with E-state index in [1.54, 1.807) is 24.3 Å². The third-order valence-corrected chi connectivity index (χ3v) is 1.49. The Hall–Kier alpha value is -1.04. The summed E-state index contributed by atoms with van der Waals surface area (Å²) in [6, 6.07) is 16.7. The van der Waals surface area contributed by atoms with Crippen LogP contribution < -0.4 is 10.2 Å². The maximum absolute atomic E-state index is 10.3. The van der Waals surface area contributed by atoms with Gasteiger partial charge in [-0.15, -0.1) is 11.5 Å². The minimum absolute atomic E-state index is 0. The molecule has 0 aliphatic rings. The number of benzene rings is 2. The Balaban J connectivity index is 0. The van der Waals surface area contributed by atoms with Crippen LogP contribution in [0.3, 0.4) is 0 Å². The zero-order valence-corrected chi connectivity index (χ0v) is 11.0. The fourth-order valence-electron chi connectivity index (χ4n) is 0.841. The Morgan fingerprint density at radius 2 is 0.812 bits per heavy atom. The predicted octanol–water partition coefficient (Wildman–Crippen LogP) is 1.58. The van der Waals surface area contributed by atoms with Crippen molar-refractivity contribution in [1.82, 2.24) is 0 Å². The standard InChI is InChI=1S/2C6H6O.Ni.H3P/c2*7-6-4-2-1-3-5-6;;/h2*1-5,7H;;1H3/q;;+2;/p-2. The third kappa shape index (κ3) is 8.29. The van der Waals surface area contributed by atoms with E-state index in [1.165, 1.54) is 24.3 Å². The Morgan fingerprint density at radius 1 is 0.562 bits per heavy atom. The van der Waals surface area contributed by atoms with Gasteiger partial charge < -0.3 is 10.2 Å². The van der Waals surface area contributed by atoms with E-state index in [1.807, 2.05) is 12.1 Å². The number of hydrogen-bond acceptors (Lipinski definition) is 2. The maximum Gasteiger partial charge on any atom is 2.00 e. The Morgan fingerprint density at radius 3 is 0.938 bits per heavy atom. The average molecular weight is 279 g/mol. The maximum atomic E-state index is 10.3. The molecule has 0 bridgehead atoms. The molecule has 1 unspecified atom stereocenters. The second-order valence-electron chi connectivity index (χ2n) is 2.63. The van der Waals surface area contributed by atoms with Crippen LogP contribution >= 0.6 is 9.90 Å². The molecule has 2 aromatic carbocycles. The molecule has 0 radical (unpaired) electrons. The molecule has 4 heteroatoms. The van der Waals surface area contributed by atoms with E-state index in [2.05, 4.69) is 0 Å². The van der Waals surface area contributed by atoms with Crippen molar-refractivity contribution in [3.8, 4) is 11.5 Å². The molecular weight excluding hydrogens is 266 g/mol. The van der Waals surface area contributed by atoms with Crippen molar-refractivity contribution in [3.63, 3.8) is 0 Å². The van der Waals surface area contributed by atoms with Crippen molar-refractivity contribution in [1.29, 1.82) is 0 Å². The van der Waals surface area contributed by atoms with Crippen LogP contribution in [0.5, 0.6) is 11.5 Å². The van der Waals surface area contributed by atoms with Gasteiger partial charge in [-0.05, 0) is 0 Å². The van der Waals surface area contributed by atoms with Crippen molar-refractivity contribution in [2.45, 2.75) is 0 Å². The number of rotatable bonds is 0. The Kier molecular flexibility index (Phi) is 11.4. The summed E-state index contributed by atoms with van der Waals surface area (Å²) in [6.45, 7) is 0. The Labute approximate surface area is 109 Å². The minimum Gasteiger partial charge on any atom is -0.872 e. The largest absolute Gasteiger partial charge is 2.00 e. The average Bonchev–Trinajstić information content (AvgIpc) is 2.21. The molecule has 2 aromatic rings. The van der Waals surface area contributed by atoms with Crippen LogP contribution in [0.2, 0.25) is 0 Å². The van der Waals surface area contributed by atoms with E-state index in [4.69, 9.17) is 0 Å². The molecule has 0 N–H and O–H groups in total. The summed E-state index contributed by atoms with van der Waals surface area (Å²) in [5, 5.41) is 20.5. The molecule has 0 aliphatic carbocycles. The minimum atomic E-state index is 0. The van der Waals surface area contributed by atoms with E-state index in [9.17, 15) is 10.2 Å². The van der Waals surface area contributed by atoms with Crippen LogP contribution in [0.4, 0.5) is 0 Å². The van der Waals surface area contributed by atoms with Gasteiger partial charge in [0.15, 0.2) is 0 Å². The molecule has 16 heavy (non-hydrogen) atoms. The first-order valence-electron chi connectivity index (χ1n) is 4.23. The quantitative estimate of drug-likeness (QED) is 0.543. The molecule has 0 fully saturated rings. The van der Waals surface area contributed by atoms with E-state index < -0.39 is 0 Å². The number of para-hydroxylation sites is 2. The summed E-state index contributed by atoms with van der Waals surface area (Å²) < 4.78 is 0. The summed E-state index contributed by atoms with van der Waals surface area (Å²) in [7, 11) is 0. The molecular formula is C12H13NiO2P. The van der Waals surface area contributed by atoms with Gasteiger partial charge in [0.25, 0.3) is 0 Å². The van der Waals surface area contributed by atoms with Crippen LogP contribution in [0.25, 0.3) is 0 Å². The number of hydrogen-bond donors (Lipinski definition) is 0. The molecule has 1 atom stereocenters. The zero-order valence-electron chi connectivity index (χ0n) is 8.61. The molecule has 0 saturated carbocycles. The van der Waals surface area contributed by atoms with Gasteiger partial charge >= 0.3 is 16.5 Å². The molecule has 0 amide bonds. The van der Waals surface area contributed by atoms with E-state index >= 15 is 0 Å². The van der Waals surface area contributed by atoms with E-state index in [-0.39, 0.29) is 37.9 Å².